The van der Waals surface area contributed by atoms with Crippen molar-refractivity contribution < 1.29 is 23.9 Å². The van der Waals surface area contributed by atoms with Crippen LogP contribution in [-0.2, 0) is 19.1 Å². The number of ether oxygens (including phenoxy) is 2. The number of methoxy groups -OCH3 is 1. The first-order valence-electron chi connectivity index (χ1n) is 9.67. The lowest BCUT2D eigenvalue weighted by Gasteiger charge is -2.39. The van der Waals surface area contributed by atoms with Crippen LogP contribution in [0.15, 0.2) is 22.5 Å². The predicted molar refractivity (Wildman–Crippen MR) is 98.8 cm³/mol. The molecule has 28 heavy (non-hydrogen) atoms. The molecule has 0 aromatic heterocycles. The van der Waals surface area contributed by atoms with Crippen molar-refractivity contribution in [2.24, 2.45) is 11.7 Å². The monoisotopic (exact) mass is 390 g/mol. The molecule has 4 atom stereocenters. The largest absolute Gasteiger partial charge is 0.449 e. The van der Waals surface area contributed by atoms with E-state index in [1.54, 1.807) is 14.0 Å². The van der Waals surface area contributed by atoms with Crippen LogP contribution in [0, 0.1) is 5.92 Å². The van der Waals surface area contributed by atoms with Crippen molar-refractivity contribution in [1.82, 2.24) is 15.5 Å². The highest BCUT2D eigenvalue weighted by Crippen LogP contribution is 2.55. The molecule has 0 spiro atoms. The van der Waals surface area contributed by atoms with E-state index < -0.39 is 17.7 Å². The molecule has 2 unspecified atom stereocenters. The Labute approximate surface area is 163 Å². The second kappa shape index (κ2) is 6.59. The Hall–Kier alpha value is -2.39. The Kier molecular flexibility index (Phi) is 4.46. The summed E-state index contributed by atoms with van der Waals surface area (Å²) >= 11 is 0. The smallest absolute Gasteiger partial charge is 0.404 e. The van der Waals surface area contributed by atoms with Crippen LogP contribution < -0.4 is 16.4 Å². The first-order chi connectivity index (χ1) is 13.4. The Morgan fingerprint density at radius 3 is 2.79 bits per heavy atom. The van der Waals surface area contributed by atoms with Crippen LogP contribution in [0.25, 0.3) is 0 Å². The molecular weight excluding hydrogens is 364 g/mol. The third kappa shape index (κ3) is 2.42. The van der Waals surface area contributed by atoms with Crippen LogP contribution in [0.2, 0.25) is 0 Å². The van der Waals surface area contributed by atoms with E-state index in [2.05, 4.69) is 17.6 Å². The van der Waals surface area contributed by atoms with Crippen LogP contribution >= 0.6 is 0 Å². The number of allylic oxidation sites excluding steroid dienone is 2. The maximum atomic E-state index is 13.4. The van der Waals surface area contributed by atoms with E-state index in [-0.39, 0.29) is 30.3 Å². The number of hydrogen-bond acceptors (Lipinski definition) is 8. The lowest BCUT2D eigenvalue weighted by Crippen LogP contribution is -2.55. The van der Waals surface area contributed by atoms with E-state index in [1.807, 2.05) is 4.90 Å². The molecule has 0 radical (unpaired) electrons. The van der Waals surface area contributed by atoms with Crippen molar-refractivity contribution in [3.8, 4) is 0 Å². The zero-order valence-corrected chi connectivity index (χ0v) is 16.3. The van der Waals surface area contributed by atoms with Gasteiger partial charge in [0, 0.05) is 37.4 Å². The first kappa shape index (κ1) is 18.9. The second-order valence-corrected chi connectivity index (χ2v) is 7.70. The molecule has 3 aliphatic heterocycles. The number of rotatable bonds is 7. The number of nitrogens with zero attached hydrogens (tertiary/aromatic N) is 1. The molecule has 2 saturated heterocycles. The number of piperazine rings is 1. The van der Waals surface area contributed by atoms with Crippen molar-refractivity contribution in [1.29, 1.82) is 0 Å². The summed E-state index contributed by atoms with van der Waals surface area (Å²) in [6, 6.07) is 0.142. The number of Topliss-reactive ketones (excluding diaryl/α,β-unsaturated/α-hetero) is 2. The molecular formula is C19H26N4O5. The van der Waals surface area contributed by atoms with E-state index in [1.165, 1.54) is 0 Å². The summed E-state index contributed by atoms with van der Waals surface area (Å²) < 4.78 is 11.0. The van der Waals surface area contributed by atoms with Gasteiger partial charge in [0.15, 0.2) is 5.72 Å². The number of carbonyl (C=O) groups excluding carboxylic acids is 3. The molecule has 0 saturated carbocycles. The normalized spacial score (nSPS) is 33.1. The molecule has 9 heteroatoms. The lowest BCUT2D eigenvalue weighted by molar-refractivity contribution is -0.137. The van der Waals surface area contributed by atoms with E-state index in [0.29, 0.717) is 35.6 Å². The quantitative estimate of drug-likeness (QED) is 0.309. The van der Waals surface area contributed by atoms with Gasteiger partial charge >= 0.3 is 6.09 Å². The van der Waals surface area contributed by atoms with Gasteiger partial charge in [-0.15, -0.1) is 0 Å². The van der Waals surface area contributed by atoms with Gasteiger partial charge in [0.2, 0.25) is 11.6 Å². The minimum atomic E-state index is -0.935. The first-order valence-corrected chi connectivity index (χ1v) is 9.67. The van der Waals surface area contributed by atoms with Gasteiger partial charge in [-0.2, -0.15) is 0 Å². The molecule has 2 fully saturated rings. The van der Waals surface area contributed by atoms with E-state index in [4.69, 9.17) is 15.2 Å². The molecule has 3 heterocycles. The topological polar surface area (TPSA) is 133 Å². The third-order valence-corrected chi connectivity index (χ3v) is 6.26. The molecule has 1 amide bonds. The second-order valence-electron chi connectivity index (χ2n) is 7.70. The average Bonchev–Trinajstić information content (AvgIpc) is 3.27. The van der Waals surface area contributed by atoms with Crippen molar-refractivity contribution in [3.63, 3.8) is 0 Å². The minimum absolute atomic E-state index is 0.0398. The summed E-state index contributed by atoms with van der Waals surface area (Å²) in [4.78, 5) is 39.8. The average molecular weight is 390 g/mol. The fourth-order valence-electron chi connectivity index (χ4n) is 4.89. The van der Waals surface area contributed by atoms with E-state index in [0.717, 1.165) is 12.8 Å². The summed E-state index contributed by atoms with van der Waals surface area (Å²) in [6.45, 7) is 4.79. The molecule has 152 valence electrons. The van der Waals surface area contributed by atoms with Gasteiger partial charge in [0.25, 0.3) is 0 Å². The van der Waals surface area contributed by atoms with Crippen LogP contribution in [0.4, 0.5) is 4.79 Å². The lowest BCUT2D eigenvalue weighted by atomic mass is 9.82. The molecule has 0 aromatic rings. The zero-order valence-electron chi connectivity index (χ0n) is 16.3. The van der Waals surface area contributed by atoms with Crippen molar-refractivity contribution in [2.45, 2.75) is 44.5 Å². The molecule has 4 rings (SSSR count). The SMILES string of the molecule is CCCCNC1=C(C)C(=O)C2=C(C1=O)[C@@H](COC(N)=O)[C@@]1(OC)C3NC3CN21. The van der Waals surface area contributed by atoms with Gasteiger partial charge < -0.3 is 30.7 Å². The highest BCUT2D eigenvalue weighted by molar-refractivity contribution is 6.25. The van der Waals surface area contributed by atoms with Gasteiger partial charge in [0.05, 0.1) is 23.4 Å². The number of carbonyl (C=O) groups is 3. The third-order valence-electron chi connectivity index (χ3n) is 6.26. The highest BCUT2D eigenvalue weighted by atomic mass is 16.6. The van der Waals surface area contributed by atoms with Gasteiger partial charge in [0.1, 0.15) is 6.61 Å². The minimum Gasteiger partial charge on any atom is -0.449 e. The molecule has 1 aliphatic carbocycles. The number of amides is 1. The number of hydrogen-bond donors (Lipinski definition) is 3. The van der Waals surface area contributed by atoms with Gasteiger partial charge in [-0.1, -0.05) is 13.3 Å². The maximum Gasteiger partial charge on any atom is 0.404 e. The summed E-state index contributed by atoms with van der Waals surface area (Å²) in [5.74, 6) is -1.01. The van der Waals surface area contributed by atoms with Gasteiger partial charge in [-0.25, -0.2) is 4.79 Å². The number of nitrogens with one attached hydrogen (secondary N) is 2. The van der Waals surface area contributed by atoms with Crippen LogP contribution in [0.1, 0.15) is 26.7 Å². The standard InChI is InChI=1S/C19H26N4O5/c1-4-5-6-21-13-9(2)15(24)14-12(16(13)25)10(8-28-18(20)26)19(27-3)17-11(22-17)7-23(14)19/h10-11,17,21-22H,4-8H2,1-3H3,(H2,20,26)/t10-,11?,17?,19-/m1/s1. The summed E-state index contributed by atoms with van der Waals surface area (Å²) in [5.41, 5.74) is 5.71. The highest BCUT2D eigenvalue weighted by Gasteiger charge is 2.72. The predicted octanol–water partition coefficient (Wildman–Crippen LogP) is -0.220. The van der Waals surface area contributed by atoms with Crippen LogP contribution in [0.5, 0.6) is 0 Å². The van der Waals surface area contributed by atoms with Crippen LogP contribution in [-0.4, -0.2) is 67.2 Å². The Balaban J connectivity index is 1.74. The molecule has 0 bridgehead atoms. The number of primary amides is 1. The number of nitrogens with two attached hydrogens (primary N) is 1. The van der Waals surface area contributed by atoms with Gasteiger partial charge in [-0.3, -0.25) is 9.59 Å². The molecule has 9 nitrogen and oxygen atoms in total. The summed E-state index contributed by atoms with van der Waals surface area (Å²) in [7, 11) is 1.56. The Morgan fingerprint density at radius 1 is 1.39 bits per heavy atom. The number of ketones is 2. The fourth-order valence-corrected chi connectivity index (χ4v) is 4.89. The van der Waals surface area contributed by atoms with E-state index >= 15 is 0 Å². The maximum absolute atomic E-state index is 13.4. The Morgan fingerprint density at radius 2 is 2.14 bits per heavy atom. The summed E-state index contributed by atoms with van der Waals surface area (Å²) in [6.07, 6.45) is 0.938. The molecule has 0 aromatic carbocycles. The fraction of sp³-hybridized carbons (Fsp3) is 0.632. The van der Waals surface area contributed by atoms with E-state index in [9.17, 15) is 14.4 Å². The van der Waals surface area contributed by atoms with Crippen molar-refractivity contribution in [3.05, 3.63) is 22.5 Å². The molecule has 4 N–H and O–H groups in total. The Bertz CT molecular complexity index is 819. The molecule has 4 aliphatic rings. The number of fused-ring (bicyclic) bond motifs is 4. The zero-order chi connectivity index (χ0) is 20.2. The summed E-state index contributed by atoms with van der Waals surface area (Å²) in [5, 5.41) is 6.47. The van der Waals surface area contributed by atoms with Crippen molar-refractivity contribution in [2.75, 3.05) is 26.8 Å². The number of unbranched alkanes of at least 4 members (excludes halogenated alkanes) is 1. The van der Waals surface area contributed by atoms with Crippen molar-refractivity contribution >= 4 is 17.7 Å². The van der Waals surface area contributed by atoms with Crippen LogP contribution in [0.3, 0.4) is 0 Å². The van der Waals surface area contributed by atoms with Gasteiger partial charge in [-0.05, 0) is 13.3 Å².